The summed E-state index contributed by atoms with van der Waals surface area (Å²) in [7, 11) is -3.77. The van der Waals surface area contributed by atoms with Crippen molar-refractivity contribution in [2.24, 2.45) is 5.41 Å². The van der Waals surface area contributed by atoms with E-state index in [1.807, 2.05) is 26.8 Å². The van der Waals surface area contributed by atoms with Gasteiger partial charge in [0.1, 0.15) is 21.0 Å². The average Bonchev–Trinajstić information content (AvgIpc) is 2.95. The van der Waals surface area contributed by atoms with Gasteiger partial charge in [0.15, 0.2) is 0 Å². The van der Waals surface area contributed by atoms with Gasteiger partial charge in [0.05, 0.1) is 6.04 Å². The van der Waals surface area contributed by atoms with Crippen LogP contribution in [0.25, 0.3) is 0 Å². The summed E-state index contributed by atoms with van der Waals surface area (Å²) in [5, 5.41) is 8.84. The van der Waals surface area contributed by atoms with Crippen molar-refractivity contribution in [3.05, 3.63) is 52.7 Å². The van der Waals surface area contributed by atoms with Crippen LogP contribution in [-0.2, 0) is 10.0 Å². The minimum atomic E-state index is -3.77. The molecule has 4 nitrogen and oxygen atoms in total. The third-order valence-electron chi connectivity index (χ3n) is 3.30. The average molecular weight is 352 g/mol. The van der Waals surface area contributed by atoms with E-state index in [1.165, 1.54) is 24.3 Å². The van der Waals surface area contributed by atoms with Gasteiger partial charge in [-0.2, -0.15) is 5.26 Å². The number of halogens is 1. The zero-order valence-corrected chi connectivity index (χ0v) is 14.6. The number of nitrogens with zero attached hydrogens (tertiary/aromatic N) is 1. The van der Waals surface area contributed by atoms with Crippen LogP contribution in [-0.4, -0.2) is 8.42 Å². The highest BCUT2D eigenvalue weighted by molar-refractivity contribution is 7.91. The minimum absolute atomic E-state index is 0.0883. The molecule has 23 heavy (non-hydrogen) atoms. The lowest BCUT2D eigenvalue weighted by Crippen LogP contribution is -2.36. The van der Waals surface area contributed by atoms with Crippen molar-refractivity contribution in [3.8, 4) is 6.07 Å². The Hall–Kier alpha value is -1.75. The molecule has 0 fully saturated rings. The zero-order valence-electron chi connectivity index (χ0n) is 13.0. The van der Waals surface area contributed by atoms with E-state index in [1.54, 1.807) is 12.1 Å². The maximum Gasteiger partial charge on any atom is 0.250 e. The summed E-state index contributed by atoms with van der Waals surface area (Å²) in [5.74, 6) is -0.374. The molecular weight excluding hydrogens is 335 g/mol. The van der Waals surface area contributed by atoms with Crippen molar-refractivity contribution < 1.29 is 12.8 Å². The molecule has 1 heterocycles. The van der Waals surface area contributed by atoms with Crippen LogP contribution in [0.3, 0.4) is 0 Å². The SMILES string of the molecule is CC(C)(C)C(NS(=O)(=O)c1ccc(C#N)s1)c1ccc(F)cc1. The van der Waals surface area contributed by atoms with Crippen LogP contribution in [0.4, 0.5) is 4.39 Å². The standard InChI is InChI=1S/C16H17FN2O2S2/c1-16(2,3)15(11-4-6-12(17)7-5-11)19-23(20,21)14-9-8-13(10-18)22-14/h4-9,15,19H,1-3H3. The summed E-state index contributed by atoms with van der Waals surface area (Å²) in [6, 6.07) is 10.0. The molecule has 1 aromatic carbocycles. The number of hydrogen-bond acceptors (Lipinski definition) is 4. The molecule has 0 aliphatic carbocycles. The van der Waals surface area contributed by atoms with Crippen LogP contribution >= 0.6 is 11.3 Å². The molecule has 0 saturated carbocycles. The van der Waals surface area contributed by atoms with Crippen molar-refractivity contribution in [1.29, 1.82) is 5.26 Å². The number of sulfonamides is 1. The number of rotatable bonds is 4. The monoisotopic (exact) mass is 352 g/mol. The quantitative estimate of drug-likeness (QED) is 0.909. The van der Waals surface area contributed by atoms with E-state index in [0.717, 1.165) is 11.3 Å². The first-order valence-corrected chi connectivity index (χ1v) is 9.21. The largest absolute Gasteiger partial charge is 0.250 e. The Morgan fingerprint density at radius 1 is 1.17 bits per heavy atom. The lowest BCUT2D eigenvalue weighted by atomic mass is 9.83. The Bertz CT molecular complexity index is 828. The molecule has 0 saturated heterocycles. The van der Waals surface area contributed by atoms with Crippen molar-refractivity contribution in [1.82, 2.24) is 4.72 Å². The first-order valence-electron chi connectivity index (χ1n) is 6.91. The van der Waals surface area contributed by atoms with Crippen molar-refractivity contribution in [3.63, 3.8) is 0 Å². The van der Waals surface area contributed by atoms with E-state index in [0.29, 0.717) is 10.4 Å². The molecule has 1 unspecified atom stereocenters. The van der Waals surface area contributed by atoms with Gasteiger partial charge in [0.2, 0.25) is 0 Å². The summed E-state index contributed by atoms with van der Waals surface area (Å²) in [5.41, 5.74) is 0.264. The Kier molecular flexibility index (Phi) is 4.90. The predicted octanol–water partition coefficient (Wildman–Crippen LogP) is 3.82. The molecule has 7 heteroatoms. The third-order valence-corrected chi connectivity index (χ3v) is 6.20. The third kappa shape index (κ3) is 4.16. The van der Waals surface area contributed by atoms with E-state index in [2.05, 4.69) is 4.72 Å². The van der Waals surface area contributed by atoms with Gasteiger partial charge in [-0.15, -0.1) is 11.3 Å². The molecule has 0 aliphatic rings. The summed E-state index contributed by atoms with van der Waals surface area (Å²) < 4.78 is 41.0. The lowest BCUT2D eigenvalue weighted by molar-refractivity contribution is 0.304. The van der Waals surface area contributed by atoms with Crippen LogP contribution < -0.4 is 4.72 Å². The fourth-order valence-corrected chi connectivity index (χ4v) is 4.69. The second kappa shape index (κ2) is 6.40. The van der Waals surface area contributed by atoms with E-state index in [4.69, 9.17) is 5.26 Å². The van der Waals surface area contributed by atoms with Gasteiger partial charge < -0.3 is 0 Å². The fourth-order valence-electron chi connectivity index (χ4n) is 2.14. The van der Waals surface area contributed by atoms with Gasteiger partial charge in [-0.3, -0.25) is 0 Å². The first-order chi connectivity index (χ1) is 10.6. The normalized spacial score (nSPS) is 13.5. The second-order valence-corrected chi connectivity index (χ2v) is 9.23. The van der Waals surface area contributed by atoms with Gasteiger partial charge in [-0.1, -0.05) is 32.9 Å². The summed E-state index contributed by atoms with van der Waals surface area (Å²) in [4.78, 5) is 0.333. The minimum Gasteiger partial charge on any atom is -0.207 e. The Labute approximate surface area is 139 Å². The number of benzene rings is 1. The van der Waals surface area contributed by atoms with Gasteiger partial charge in [0.25, 0.3) is 10.0 Å². The van der Waals surface area contributed by atoms with Crippen LogP contribution in [0.2, 0.25) is 0 Å². The molecule has 1 atom stereocenters. The molecule has 122 valence electrons. The van der Waals surface area contributed by atoms with Gasteiger partial charge >= 0.3 is 0 Å². The van der Waals surface area contributed by atoms with Crippen LogP contribution in [0.15, 0.2) is 40.6 Å². The Morgan fingerprint density at radius 3 is 2.26 bits per heavy atom. The Morgan fingerprint density at radius 2 is 1.78 bits per heavy atom. The molecule has 1 N–H and O–H groups in total. The summed E-state index contributed by atoms with van der Waals surface area (Å²) >= 11 is 0.918. The topological polar surface area (TPSA) is 70.0 Å². The molecule has 0 amide bonds. The van der Waals surface area contributed by atoms with Crippen LogP contribution in [0, 0.1) is 22.6 Å². The van der Waals surface area contributed by atoms with E-state index < -0.39 is 21.5 Å². The molecule has 0 spiro atoms. The summed E-state index contributed by atoms with van der Waals surface area (Å²) in [6.45, 7) is 5.70. The zero-order chi connectivity index (χ0) is 17.3. The molecule has 2 rings (SSSR count). The molecule has 0 aliphatic heterocycles. The number of nitriles is 1. The smallest absolute Gasteiger partial charge is 0.207 e. The molecule has 0 bridgehead atoms. The van der Waals surface area contributed by atoms with Crippen molar-refractivity contribution >= 4 is 21.4 Å². The van der Waals surface area contributed by atoms with Crippen LogP contribution in [0.1, 0.15) is 37.3 Å². The highest BCUT2D eigenvalue weighted by Crippen LogP contribution is 2.35. The molecule has 2 aromatic rings. The van der Waals surface area contributed by atoms with Gasteiger partial charge in [-0.25, -0.2) is 17.5 Å². The van der Waals surface area contributed by atoms with Crippen molar-refractivity contribution in [2.45, 2.75) is 31.0 Å². The van der Waals surface area contributed by atoms with E-state index in [-0.39, 0.29) is 10.0 Å². The highest BCUT2D eigenvalue weighted by Gasteiger charge is 2.31. The molecular formula is C16H17FN2O2S2. The Balaban J connectivity index is 2.38. The van der Waals surface area contributed by atoms with Gasteiger partial charge in [0, 0.05) is 0 Å². The molecule has 1 aromatic heterocycles. The molecule has 0 radical (unpaired) electrons. The van der Waals surface area contributed by atoms with Crippen molar-refractivity contribution in [2.75, 3.05) is 0 Å². The van der Waals surface area contributed by atoms with E-state index >= 15 is 0 Å². The van der Waals surface area contributed by atoms with E-state index in [9.17, 15) is 12.8 Å². The summed E-state index contributed by atoms with van der Waals surface area (Å²) in [6.07, 6.45) is 0. The van der Waals surface area contributed by atoms with Gasteiger partial charge in [-0.05, 0) is 35.2 Å². The number of thiophene rings is 1. The number of hydrogen-bond donors (Lipinski definition) is 1. The second-order valence-electron chi connectivity index (χ2n) is 6.20. The predicted molar refractivity (Wildman–Crippen MR) is 88.0 cm³/mol. The van der Waals surface area contributed by atoms with Crippen LogP contribution in [0.5, 0.6) is 0 Å². The fraction of sp³-hybridized carbons (Fsp3) is 0.312. The highest BCUT2D eigenvalue weighted by atomic mass is 32.2. The maximum atomic E-state index is 13.1. The first kappa shape index (κ1) is 17.6. The number of nitrogens with one attached hydrogen (secondary N) is 1. The maximum absolute atomic E-state index is 13.1. The lowest BCUT2D eigenvalue weighted by Gasteiger charge is -2.31.